The average molecular weight is 538 g/mol. The van der Waals surface area contributed by atoms with Crippen molar-refractivity contribution < 1.29 is 29.0 Å². The molecule has 2 bridgehead atoms. The van der Waals surface area contributed by atoms with E-state index in [1.165, 1.54) is 12.1 Å². The fourth-order valence-corrected chi connectivity index (χ4v) is 6.40. The highest BCUT2D eigenvalue weighted by Gasteiger charge is 2.56. The van der Waals surface area contributed by atoms with Gasteiger partial charge in [0.2, 0.25) is 11.8 Å². The largest absolute Gasteiger partial charge is 0.478 e. The van der Waals surface area contributed by atoms with Gasteiger partial charge in [-0.3, -0.25) is 14.5 Å². The van der Waals surface area contributed by atoms with Crippen molar-refractivity contribution in [3.8, 4) is 6.07 Å². The molecule has 1 aromatic carbocycles. The molecule has 208 valence electrons. The molecule has 11 nitrogen and oxygen atoms in total. The molecular weight excluding hydrogens is 502 g/mol. The van der Waals surface area contributed by atoms with Gasteiger partial charge in [0.25, 0.3) is 0 Å². The number of carboxylic acids is 1. The monoisotopic (exact) mass is 537 g/mol. The molecule has 4 fully saturated rings. The third-order valence-corrected chi connectivity index (χ3v) is 8.29. The van der Waals surface area contributed by atoms with E-state index < -0.39 is 35.8 Å². The first-order chi connectivity index (χ1) is 18.4. The number of aromatic carboxylic acids is 1. The Morgan fingerprint density at radius 3 is 2.46 bits per heavy atom. The van der Waals surface area contributed by atoms with Gasteiger partial charge in [-0.2, -0.15) is 5.26 Å². The first kappa shape index (κ1) is 26.9. The lowest BCUT2D eigenvalue weighted by atomic mass is 10.0. The van der Waals surface area contributed by atoms with Crippen molar-refractivity contribution in [1.29, 1.82) is 5.26 Å². The number of nitrogens with one attached hydrogen (secondary N) is 1. The summed E-state index contributed by atoms with van der Waals surface area (Å²) in [5, 5.41) is 21.5. The van der Waals surface area contributed by atoms with Gasteiger partial charge in [0.15, 0.2) is 0 Å². The lowest BCUT2D eigenvalue weighted by Crippen LogP contribution is -2.59. The third-order valence-electron chi connectivity index (χ3n) is 8.29. The number of benzene rings is 1. The van der Waals surface area contributed by atoms with Crippen LogP contribution < -0.4 is 5.32 Å². The molecule has 7 atom stereocenters. The Morgan fingerprint density at radius 1 is 1.18 bits per heavy atom. The van der Waals surface area contributed by atoms with Crippen LogP contribution >= 0.6 is 0 Å². The molecule has 1 aromatic rings. The summed E-state index contributed by atoms with van der Waals surface area (Å²) >= 11 is 0. The third kappa shape index (κ3) is 5.17. The first-order valence-corrected chi connectivity index (χ1v) is 13.5. The van der Waals surface area contributed by atoms with Crippen LogP contribution in [0.2, 0.25) is 0 Å². The maximum absolute atomic E-state index is 13.7. The summed E-state index contributed by atoms with van der Waals surface area (Å²) in [5.41, 5.74) is 0.292. The van der Waals surface area contributed by atoms with Crippen molar-refractivity contribution in [2.24, 2.45) is 5.92 Å². The molecule has 0 spiro atoms. The van der Waals surface area contributed by atoms with E-state index in [2.05, 4.69) is 11.4 Å². The predicted octanol–water partition coefficient (Wildman–Crippen LogP) is 2.14. The lowest BCUT2D eigenvalue weighted by molar-refractivity contribution is -0.141. The number of piperazine rings is 1. The molecular formula is C28H35N5O6. The number of hydrogen-bond acceptors (Lipinski definition) is 7. The molecule has 2 N–H and O–H groups in total. The number of fused-ring (bicyclic) bond motifs is 3. The number of likely N-dealkylation sites (tertiary alicyclic amines) is 3. The Balaban J connectivity index is 1.30. The molecule has 1 aliphatic carbocycles. The van der Waals surface area contributed by atoms with Crippen LogP contribution in [0.4, 0.5) is 4.79 Å². The summed E-state index contributed by atoms with van der Waals surface area (Å²) in [6.07, 6.45) is 1.42. The van der Waals surface area contributed by atoms with E-state index in [-0.39, 0.29) is 42.0 Å². The van der Waals surface area contributed by atoms with Gasteiger partial charge in [-0.15, -0.1) is 0 Å². The van der Waals surface area contributed by atoms with Crippen LogP contribution in [0.5, 0.6) is 0 Å². The number of nitrogens with zero attached hydrogens (tertiary/aromatic N) is 4. The van der Waals surface area contributed by atoms with Gasteiger partial charge in [0.05, 0.1) is 23.7 Å². The van der Waals surface area contributed by atoms with Crippen molar-refractivity contribution >= 4 is 23.9 Å². The van der Waals surface area contributed by atoms with Gasteiger partial charge in [0.1, 0.15) is 17.7 Å². The number of carboxylic acid groups (broad SMARTS) is 1. The Hall–Kier alpha value is -3.65. The number of alkyl carbamates (subject to hydrolysis) is 1. The minimum Gasteiger partial charge on any atom is -0.478 e. The van der Waals surface area contributed by atoms with Crippen molar-refractivity contribution in [1.82, 2.24) is 20.0 Å². The lowest BCUT2D eigenvalue weighted by Gasteiger charge is -2.39. The minimum absolute atomic E-state index is 0.0330. The summed E-state index contributed by atoms with van der Waals surface area (Å²) in [6.45, 7) is 7.85. The van der Waals surface area contributed by atoms with Crippen molar-refractivity contribution in [2.75, 3.05) is 13.1 Å². The second kappa shape index (κ2) is 9.83. The Bertz CT molecular complexity index is 1220. The van der Waals surface area contributed by atoms with E-state index in [0.717, 1.165) is 12.0 Å². The number of nitriles is 1. The van der Waals surface area contributed by atoms with E-state index in [1.807, 2.05) is 16.7 Å². The van der Waals surface area contributed by atoms with Gasteiger partial charge in [-0.1, -0.05) is 12.1 Å². The van der Waals surface area contributed by atoms with Crippen LogP contribution in [0.15, 0.2) is 24.3 Å². The summed E-state index contributed by atoms with van der Waals surface area (Å²) < 4.78 is 5.42. The summed E-state index contributed by atoms with van der Waals surface area (Å²) in [4.78, 5) is 56.5. The average Bonchev–Trinajstić information content (AvgIpc) is 3.18. The number of carbonyl (C=O) groups is 4. The Labute approximate surface area is 227 Å². The summed E-state index contributed by atoms with van der Waals surface area (Å²) in [5.74, 6) is -1.03. The summed E-state index contributed by atoms with van der Waals surface area (Å²) in [6, 6.07) is 6.62. The number of piperidine rings is 1. The van der Waals surface area contributed by atoms with Crippen LogP contribution in [0.3, 0.4) is 0 Å². The molecule has 4 aliphatic rings. The highest BCUT2D eigenvalue weighted by molar-refractivity contribution is 5.89. The maximum Gasteiger partial charge on any atom is 0.408 e. The van der Waals surface area contributed by atoms with Crippen LogP contribution in [0.1, 0.15) is 68.9 Å². The van der Waals surface area contributed by atoms with Crippen LogP contribution in [-0.4, -0.2) is 92.6 Å². The number of hydrogen-bond donors (Lipinski definition) is 2. The van der Waals surface area contributed by atoms with Crippen molar-refractivity contribution in [2.45, 2.75) is 88.8 Å². The molecule has 4 unspecified atom stereocenters. The van der Waals surface area contributed by atoms with E-state index >= 15 is 0 Å². The molecule has 3 aliphatic heterocycles. The second-order valence-corrected chi connectivity index (χ2v) is 12.1. The molecule has 39 heavy (non-hydrogen) atoms. The van der Waals surface area contributed by atoms with Gasteiger partial charge < -0.3 is 25.0 Å². The quantitative estimate of drug-likeness (QED) is 0.539. The van der Waals surface area contributed by atoms with Gasteiger partial charge in [-0.25, -0.2) is 9.59 Å². The molecule has 3 amide bonds. The standard InChI is InChI=1S/C28H35N5O6/c1-15(16-5-7-17(8-6-16)26(36)37)32-20-11-23(25(32)35)31(13-20)14-21(30-27(38)39-28(2,3)4)24(34)33-19(12-29)9-18-10-22(18)33/h5-8,15,18-23H,9-11,13-14H2,1-4H3,(H,30,38)(H,36,37)/t15?,18-,19?,20+,21?,22+,23?/m1/s1. The smallest absolute Gasteiger partial charge is 0.408 e. The Morgan fingerprint density at radius 2 is 1.87 bits per heavy atom. The molecule has 3 heterocycles. The highest BCUT2D eigenvalue weighted by atomic mass is 16.6. The van der Waals surface area contributed by atoms with Crippen LogP contribution in [0, 0.1) is 17.2 Å². The number of amides is 3. The van der Waals surface area contributed by atoms with Gasteiger partial charge in [0, 0.05) is 25.2 Å². The Kier molecular flexibility index (Phi) is 6.79. The highest BCUT2D eigenvalue weighted by Crippen LogP contribution is 2.48. The first-order valence-electron chi connectivity index (χ1n) is 13.5. The second-order valence-electron chi connectivity index (χ2n) is 12.1. The zero-order valence-corrected chi connectivity index (χ0v) is 22.7. The SMILES string of the molecule is CC(c1ccc(C(=O)O)cc1)N1C(=O)C2C[C@H]1CN2CC(NC(=O)OC(C)(C)C)C(=O)N1C(C#N)C[C@@H]2C[C@@H]21. The van der Waals surface area contributed by atoms with E-state index in [0.29, 0.717) is 25.3 Å². The fourth-order valence-electron chi connectivity index (χ4n) is 6.40. The molecule has 0 aromatic heterocycles. The zero-order valence-electron chi connectivity index (χ0n) is 22.7. The molecule has 0 radical (unpaired) electrons. The van der Waals surface area contributed by atoms with E-state index in [9.17, 15) is 29.5 Å². The van der Waals surface area contributed by atoms with E-state index in [4.69, 9.17) is 4.74 Å². The topological polar surface area (TPSA) is 143 Å². The van der Waals surface area contributed by atoms with Crippen LogP contribution in [0.25, 0.3) is 0 Å². The number of ether oxygens (including phenoxy) is 1. The normalized spacial score (nSPS) is 29.0. The van der Waals surface area contributed by atoms with Crippen molar-refractivity contribution in [3.05, 3.63) is 35.4 Å². The molecule has 5 rings (SSSR count). The van der Waals surface area contributed by atoms with E-state index in [1.54, 1.807) is 37.8 Å². The van der Waals surface area contributed by atoms with Crippen molar-refractivity contribution in [3.63, 3.8) is 0 Å². The predicted molar refractivity (Wildman–Crippen MR) is 138 cm³/mol. The van der Waals surface area contributed by atoms with Gasteiger partial charge >= 0.3 is 12.1 Å². The zero-order chi connectivity index (χ0) is 28.2. The molecule has 3 saturated heterocycles. The van der Waals surface area contributed by atoms with Gasteiger partial charge in [-0.05, 0) is 70.6 Å². The fraction of sp³-hybridized carbons (Fsp3) is 0.607. The molecule has 1 saturated carbocycles. The molecule has 11 heteroatoms. The summed E-state index contributed by atoms with van der Waals surface area (Å²) in [7, 11) is 0. The number of carbonyl (C=O) groups excluding carboxylic acids is 3. The van der Waals surface area contributed by atoms with Crippen LogP contribution in [-0.2, 0) is 14.3 Å². The minimum atomic E-state index is -1.00. The maximum atomic E-state index is 13.7. The number of rotatable bonds is 7.